The molecule has 0 saturated heterocycles. The summed E-state index contributed by atoms with van der Waals surface area (Å²) in [6.45, 7) is 1.96. The fourth-order valence-corrected chi connectivity index (χ4v) is 5.39. The number of pyridine rings is 1. The van der Waals surface area contributed by atoms with E-state index >= 15 is 0 Å². The van der Waals surface area contributed by atoms with E-state index in [1.54, 1.807) is 28.1 Å². The molecule has 1 fully saturated rings. The molecule has 0 radical (unpaired) electrons. The second-order valence-electron chi connectivity index (χ2n) is 8.06. The summed E-state index contributed by atoms with van der Waals surface area (Å²) in [5, 5.41) is 15.7. The molecule has 0 aliphatic heterocycles. The second-order valence-corrected chi connectivity index (χ2v) is 9.22. The molecule has 6 rings (SSSR count). The van der Waals surface area contributed by atoms with Crippen molar-refractivity contribution in [3.8, 4) is 6.07 Å². The zero-order valence-corrected chi connectivity index (χ0v) is 17.6. The third-order valence-electron chi connectivity index (χ3n) is 5.96. The van der Waals surface area contributed by atoms with Gasteiger partial charge in [0, 0.05) is 17.8 Å². The smallest absolute Gasteiger partial charge is 0.212 e. The highest BCUT2D eigenvalue weighted by Crippen LogP contribution is 2.38. The molecule has 2 unspecified atom stereocenters. The van der Waals surface area contributed by atoms with Crippen molar-refractivity contribution in [3.05, 3.63) is 52.7 Å². The Morgan fingerprint density at radius 2 is 2.16 bits per heavy atom. The number of fused-ring (bicyclic) bond motifs is 4. The zero-order chi connectivity index (χ0) is 21.1. The van der Waals surface area contributed by atoms with Gasteiger partial charge in [0.1, 0.15) is 22.5 Å². The summed E-state index contributed by atoms with van der Waals surface area (Å²) in [6, 6.07) is 7.71. The van der Waals surface area contributed by atoms with Crippen molar-refractivity contribution in [3.63, 3.8) is 0 Å². The van der Waals surface area contributed by atoms with Gasteiger partial charge < -0.3 is 4.57 Å². The maximum Gasteiger partial charge on any atom is 0.212 e. The second kappa shape index (κ2) is 6.82. The van der Waals surface area contributed by atoms with Crippen LogP contribution in [0.25, 0.3) is 26.9 Å². The number of hydrogen-bond acceptors (Lipinski definition) is 6. The summed E-state index contributed by atoms with van der Waals surface area (Å²) in [6.07, 6.45) is 5.21. The highest BCUT2D eigenvalue weighted by molar-refractivity contribution is 7.16. The summed E-state index contributed by atoms with van der Waals surface area (Å²) in [5.41, 5.74) is 3.93. The molecule has 154 valence electrons. The number of rotatable bonds is 3. The Kier molecular flexibility index (Phi) is 4.05. The van der Waals surface area contributed by atoms with E-state index in [9.17, 15) is 9.65 Å². The molecule has 7 nitrogen and oxygen atoms in total. The molecule has 0 amide bonds. The fraction of sp³-hybridized carbons (Fsp3) is 0.318. The lowest BCUT2D eigenvalue weighted by Gasteiger charge is -2.17. The summed E-state index contributed by atoms with van der Waals surface area (Å²) < 4.78 is 18.2. The Hall–Kier alpha value is -3.38. The number of hydrogen-bond donors (Lipinski definition) is 0. The van der Waals surface area contributed by atoms with Gasteiger partial charge in [0.2, 0.25) is 4.96 Å². The molecule has 4 aromatic heterocycles. The van der Waals surface area contributed by atoms with Crippen LogP contribution in [0.1, 0.15) is 47.4 Å². The van der Waals surface area contributed by atoms with E-state index in [-0.39, 0.29) is 6.04 Å². The summed E-state index contributed by atoms with van der Waals surface area (Å²) in [7, 11) is 0. The number of halogens is 1. The summed E-state index contributed by atoms with van der Waals surface area (Å²) in [4.78, 5) is 15.0. The van der Waals surface area contributed by atoms with Crippen LogP contribution in [0.5, 0.6) is 0 Å². The molecule has 4 heterocycles. The standard InChI is InChI=1S/C22H18FN7S/c1-12-28-29-11-15(26-22(29)31-12)8-20-27-19-10-25-18-5-2-13(9-24)6-17(18)21(19)30(20)16-4-3-14(23)7-16/h2,5-6,10-11,14,16H,3-4,7-8H2,1H3. The molecule has 0 N–H and O–H groups in total. The molecule has 1 aromatic carbocycles. The van der Waals surface area contributed by atoms with E-state index < -0.39 is 6.17 Å². The minimum Gasteiger partial charge on any atom is -0.324 e. The first-order valence-corrected chi connectivity index (χ1v) is 11.1. The van der Waals surface area contributed by atoms with Crippen molar-refractivity contribution >= 4 is 38.2 Å². The lowest BCUT2D eigenvalue weighted by Crippen LogP contribution is -2.11. The van der Waals surface area contributed by atoms with Gasteiger partial charge in [-0.1, -0.05) is 11.3 Å². The van der Waals surface area contributed by atoms with Crippen molar-refractivity contribution in [1.82, 2.24) is 29.1 Å². The molecule has 31 heavy (non-hydrogen) atoms. The van der Waals surface area contributed by atoms with Gasteiger partial charge >= 0.3 is 0 Å². The summed E-state index contributed by atoms with van der Waals surface area (Å²) in [5.74, 6) is 0.841. The van der Waals surface area contributed by atoms with Gasteiger partial charge in [-0.25, -0.2) is 18.9 Å². The predicted octanol–water partition coefficient (Wildman–Crippen LogP) is 4.52. The number of nitrogens with zero attached hydrogens (tertiary/aromatic N) is 7. The highest BCUT2D eigenvalue weighted by Gasteiger charge is 2.30. The molecule has 0 bridgehead atoms. The Bertz CT molecular complexity index is 1470. The first kappa shape index (κ1) is 18.4. The average Bonchev–Trinajstić information content (AvgIpc) is 3.50. The first-order chi connectivity index (χ1) is 15.1. The topological polar surface area (TPSA) is 84.7 Å². The Morgan fingerprint density at radius 3 is 2.94 bits per heavy atom. The normalized spacial score (nSPS) is 19.0. The van der Waals surface area contributed by atoms with Crippen LogP contribution in [0.4, 0.5) is 4.39 Å². The maximum absolute atomic E-state index is 14.2. The van der Waals surface area contributed by atoms with E-state index in [4.69, 9.17) is 9.97 Å². The molecular formula is C22H18FN7S. The minimum atomic E-state index is -0.803. The third kappa shape index (κ3) is 2.98. The number of nitriles is 1. The van der Waals surface area contributed by atoms with Crippen LogP contribution < -0.4 is 0 Å². The van der Waals surface area contributed by atoms with Crippen molar-refractivity contribution in [2.45, 2.75) is 44.8 Å². The molecule has 9 heteroatoms. The van der Waals surface area contributed by atoms with Crippen molar-refractivity contribution in [2.24, 2.45) is 0 Å². The molecule has 0 spiro atoms. The van der Waals surface area contributed by atoms with Gasteiger partial charge in [-0.05, 0) is 44.4 Å². The zero-order valence-electron chi connectivity index (χ0n) is 16.8. The number of alkyl halides is 1. The predicted molar refractivity (Wildman–Crippen MR) is 116 cm³/mol. The van der Waals surface area contributed by atoms with Crippen LogP contribution in [0.2, 0.25) is 0 Å². The lowest BCUT2D eigenvalue weighted by atomic mass is 10.1. The van der Waals surface area contributed by atoms with Gasteiger partial charge in [-0.3, -0.25) is 4.98 Å². The van der Waals surface area contributed by atoms with Gasteiger partial charge in [-0.2, -0.15) is 10.4 Å². The Labute approximate surface area is 180 Å². The van der Waals surface area contributed by atoms with Gasteiger partial charge in [0.05, 0.1) is 40.8 Å². The lowest BCUT2D eigenvalue weighted by molar-refractivity contribution is 0.330. The van der Waals surface area contributed by atoms with E-state index in [1.807, 2.05) is 25.3 Å². The van der Waals surface area contributed by atoms with Crippen molar-refractivity contribution in [2.75, 3.05) is 0 Å². The Balaban J connectivity index is 1.56. The molecule has 1 aliphatic rings. The van der Waals surface area contributed by atoms with Crippen LogP contribution >= 0.6 is 11.3 Å². The van der Waals surface area contributed by atoms with Crippen LogP contribution in [-0.2, 0) is 6.42 Å². The van der Waals surface area contributed by atoms with Crippen molar-refractivity contribution < 1.29 is 4.39 Å². The van der Waals surface area contributed by atoms with E-state index in [2.05, 4.69) is 20.7 Å². The number of aryl methyl sites for hydroxylation is 1. The van der Waals surface area contributed by atoms with Crippen molar-refractivity contribution in [1.29, 1.82) is 5.26 Å². The van der Waals surface area contributed by atoms with E-state index in [0.717, 1.165) is 49.8 Å². The molecule has 5 aromatic rings. The Morgan fingerprint density at radius 1 is 1.26 bits per heavy atom. The van der Waals surface area contributed by atoms with E-state index in [1.165, 1.54) is 0 Å². The maximum atomic E-state index is 14.2. The molecule has 2 atom stereocenters. The van der Waals surface area contributed by atoms with Crippen LogP contribution in [0, 0.1) is 18.3 Å². The first-order valence-electron chi connectivity index (χ1n) is 10.2. The minimum absolute atomic E-state index is 0.0236. The van der Waals surface area contributed by atoms with Gasteiger partial charge in [0.25, 0.3) is 0 Å². The fourth-order valence-electron chi connectivity index (χ4n) is 4.64. The van der Waals surface area contributed by atoms with Crippen LogP contribution in [0.3, 0.4) is 0 Å². The molecule has 1 saturated carbocycles. The van der Waals surface area contributed by atoms with E-state index in [0.29, 0.717) is 24.8 Å². The van der Waals surface area contributed by atoms with Crippen LogP contribution in [0.15, 0.2) is 30.6 Å². The van der Waals surface area contributed by atoms with Gasteiger partial charge in [-0.15, -0.1) is 0 Å². The molecule has 1 aliphatic carbocycles. The number of imidazole rings is 2. The number of benzene rings is 1. The highest BCUT2D eigenvalue weighted by atomic mass is 32.1. The molecular weight excluding hydrogens is 413 g/mol. The van der Waals surface area contributed by atoms with Crippen LogP contribution in [-0.4, -0.2) is 35.3 Å². The monoisotopic (exact) mass is 431 g/mol. The number of aromatic nitrogens is 6. The summed E-state index contributed by atoms with van der Waals surface area (Å²) >= 11 is 1.55. The third-order valence-corrected chi connectivity index (χ3v) is 6.80. The quantitative estimate of drug-likeness (QED) is 0.419. The SMILES string of the molecule is Cc1nn2cc(Cc3nc4cnc5ccc(C#N)cc5c4n3C3CCC(F)C3)nc2s1. The average molecular weight is 432 g/mol. The van der Waals surface area contributed by atoms with Gasteiger partial charge in [0.15, 0.2) is 0 Å². The largest absolute Gasteiger partial charge is 0.324 e.